The van der Waals surface area contributed by atoms with Crippen LogP contribution in [0.25, 0.3) is 0 Å². The molecule has 1 aliphatic carbocycles. The molecular formula is C22H27N3O6S2. The van der Waals surface area contributed by atoms with Crippen LogP contribution in [-0.4, -0.2) is 39.5 Å². The normalized spacial score (nSPS) is 16.1. The van der Waals surface area contributed by atoms with Gasteiger partial charge >= 0.3 is 0 Å². The third-order valence-electron chi connectivity index (χ3n) is 5.53. The van der Waals surface area contributed by atoms with Crippen molar-refractivity contribution < 1.29 is 27.5 Å². The highest BCUT2D eigenvalue weighted by Gasteiger charge is 2.30. The molecule has 9 nitrogen and oxygen atoms in total. The maximum atomic E-state index is 13.0. The first-order valence-corrected chi connectivity index (χ1v) is 13.2. The lowest BCUT2D eigenvalue weighted by Crippen LogP contribution is -2.54. The van der Waals surface area contributed by atoms with Crippen molar-refractivity contribution in [2.24, 2.45) is 5.92 Å². The molecule has 11 heteroatoms. The molecular weight excluding hydrogens is 466 g/mol. The summed E-state index contributed by atoms with van der Waals surface area (Å²) in [6.07, 6.45) is 3.73. The highest BCUT2D eigenvalue weighted by Crippen LogP contribution is 2.32. The second-order valence-electron chi connectivity index (χ2n) is 8.36. The summed E-state index contributed by atoms with van der Waals surface area (Å²) in [6.45, 7) is 4.35. The summed E-state index contributed by atoms with van der Waals surface area (Å²) in [5.74, 6) is -0.623. The second-order valence-corrected chi connectivity index (χ2v) is 11.2. The number of sulfonamides is 1. The molecule has 1 aromatic carbocycles. The van der Waals surface area contributed by atoms with Crippen molar-refractivity contribution in [3.8, 4) is 11.5 Å². The Hall–Kier alpha value is -2.63. The fourth-order valence-electron chi connectivity index (χ4n) is 3.74. The molecule has 1 aromatic heterocycles. The van der Waals surface area contributed by atoms with Gasteiger partial charge in [-0.1, -0.05) is 13.8 Å². The number of thiophene rings is 1. The lowest BCUT2D eigenvalue weighted by atomic mass is 10.1. The molecule has 0 spiro atoms. The molecule has 2 aromatic rings. The van der Waals surface area contributed by atoms with Gasteiger partial charge in [0, 0.05) is 17.4 Å². The van der Waals surface area contributed by atoms with Crippen molar-refractivity contribution in [3.63, 3.8) is 0 Å². The van der Waals surface area contributed by atoms with Crippen LogP contribution in [0.1, 0.15) is 46.8 Å². The number of hydrogen-bond donors (Lipinski definition) is 3. The number of fused-ring (bicyclic) bond motifs is 2. The van der Waals surface area contributed by atoms with E-state index in [2.05, 4.69) is 15.6 Å². The fourth-order valence-corrected chi connectivity index (χ4v) is 6.24. The van der Waals surface area contributed by atoms with E-state index in [0.717, 1.165) is 19.3 Å². The van der Waals surface area contributed by atoms with Crippen LogP contribution >= 0.6 is 11.3 Å². The van der Waals surface area contributed by atoms with Gasteiger partial charge in [-0.2, -0.15) is 4.72 Å². The standard InChI is InChI=1S/C22H27N3O6S2/c1-13(2)20(22(27)24-23-21(26)19-11-14-5-3-6-18(14)32-19)25-33(28,29)15-7-8-16-17(12-15)31-10-4-9-30-16/h7-8,11-13,20,25H,3-6,9-10H2,1-2H3,(H,23,26)(H,24,27). The number of carbonyl (C=O) groups is 2. The Labute approximate surface area is 196 Å². The SMILES string of the molecule is CC(C)C(NS(=O)(=O)c1ccc2c(c1)OCCCO2)C(=O)NNC(=O)c1cc2c(s1)CCC2. The van der Waals surface area contributed by atoms with Gasteiger partial charge in [0.25, 0.3) is 11.8 Å². The summed E-state index contributed by atoms with van der Waals surface area (Å²) in [4.78, 5) is 26.9. The van der Waals surface area contributed by atoms with Crippen molar-refractivity contribution in [3.05, 3.63) is 39.6 Å². The van der Waals surface area contributed by atoms with Crippen LogP contribution in [-0.2, 0) is 27.7 Å². The fraction of sp³-hybridized carbons (Fsp3) is 0.455. The lowest BCUT2D eigenvalue weighted by molar-refractivity contribution is -0.124. The third-order valence-corrected chi connectivity index (χ3v) is 8.20. The Bertz CT molecular complexity index is 1140. The van der Waals surface area contributed by atoms with E-state index in [4.69, 9.17) is 9.47 Å². The van der Waals surface area contributed by atoms with Gasteiger partial charge < -0.3 is 9.47 Å². The van der Waals surface area contributed by atoms with Crippen LogP contribution in [0.4, 0.5) is 0 Å². The van der Waals surface area contributed by atoms with E-state index in [1.165, 1.54) is 40.0 Å². The van der Waals surface area contributed by atoms with Gasteiger partial charge in [0.05, 0.1) is 23.0 Å². The minimum Gasteiger partial charge on any atom is -0.490 e. The van der Waals surface area contributed by atoms with Gasteiger partial charge in [-0.3, -0.25) is 20.4 Å². The number of ether oxygens (including phenoxy) is 2. The van der Waals surface area contributed by atoms with E-state index in [0.29, 0.717) is 36.0 Å². The second kappa shape index (κ2) is 9.70. The maximum Gasteiger partial charge on any atom is 0.279 e. The zero-order valence-electron chi connectivity index (χ0n) is 18.5. The first-order chi connectivity index (χ1) is 15.7. The zero-order valence-corrected chi connectivity index (χ0v) is 20.1. The molecule has 0 saturated carbocycles. The van der Waals surface area contributed by atoms with Gasteiger partial charge in [-0.05, 0) is 48.9 Å². The number of hydrazine groups is 1. The molecule has 2 heterocycles. The highest BCUT2D eigenvalue weighted by molar-refractivity contribution is 7.89. The molecule has 1 aliphatic heterocycles. The van der Waals surface area contributed by atoms with Gasteiger partial charge in [0.15, 0.2) is 11.5 Å². The average molecular weight is 494 g/mol. The highest BCUT2D eigenvalue weighted by atomic mass is 32.2. The summed E-state index contributed by atoms with van der Waals surface area (Å²) in [6, 6.07) is 5.08. The molecule has 33 heavy (non-hydrogen) atoms. The smallest absolute Gasteiger partial charge is 0.279 e. The zero-order chi connectivity index (χ0) is 23.6. The quantitative estimate of drug-likeness (QED) is 0.530. The molecule has 2 amide bonds. The number of benzene rings is 1. The molecule has 2 aliphatic rings. The predicted octanol–water partition coefficient (Wildman–Crippen LogP) is 2.16. The van der Waals surface area contributed by atoms with E-state index in [9.17, 15) is 18.0 Å². The monoisotopic (exact) mass is 493 g/mol. The Kier molecular flexibility index (Phi) is 6.91. The topological polar surface area (TPSA) is 123 Å². The maximum absolute atomic E-state index is 13.0. The first kappa shape index (κ1) is 23.5. The third kappa shape index (κ3) is 5.31. The number of aryl methyl sites for hydroxylation is 2. The van der Waals surface area contributed by atoms with Gasteiger partial charge in [-0.25, -0.2) is 8.42 Å². The van der Waals surface area contributed by atoms with Crippen molar-refractivity contribution in [2.45, 2.75) is 50.5 Å². The predicted molar refractivity (Wildman–Crippen MR) is 123 cm³/mol. The summed E-state index contributed by atoms with van der Waals surface area (Å²) < 4.78 is 39.5. The molecule has 178 valence electrons. The summed E-state index contributed by atoms with van der Waals surface area (Å²) in [5.41, 5.74) is 5.93. The Morgan fingerprint density at radius 2 is 1.76 bits per heavy atom. The minimum atomic E-state index is -4.04. The summed E-state index contributed by atoms with van der Waals surface area (Å²) >= 11 is 1.42. The van der Waals surface area contributed by atoms with E-state index < -0.39 is 27.9 Å². The molecule has 4 rings (SSSR count). The van der Waals surface area contributed by atoms with Crippen LogP contribution in [0.2, 0.25) is 0 Å². The van der Waals surface area contributed by atoms with Crippen molar-refractivity contribution >= 4 is 33.2 Å². The van der Waals surface area contributed by atoms with E-state index in [1.807, 2.05) is 6.07 Å². The van der Waals surface area contributed by atoms with Crippen LogP contribution in [0, 0.1) is 5.92 Å². The van der Waals surface area contributed by atoms with E-state index in [1.54, 1.807) is 13.8 Å². The molecule has 0 bridgehead atoms. The van der Waals surface area contributed by atoms with E-state index in [-0.39, 0.29) is 10.8 Å². The first-order valence-electron chi connectivity index (χ1n) is 10.9. The van der Waals surface area contributed by atoms with Gasteiger partial charge in [0.2, 0.25) is 10.0 Å². The minimum absolute atomic E-state index is 0.0395. The Balaban J connectivity index is 1.42. The van der Waals surface area contributed by atoms with Gasteiger partial charge in [-0.15, -0.1) is 11.3 Å². The summed E-state index contributed by atoms with van der Waals surface area (Å²) in [7, 11) is -4.04. The van der Waals surface area contributed by atoms with Crippen LogP contribution in [0.15, 0.2) is 29.2 Å². The molecule has 0 saturated heterocycles. The number of carbonyl (C=O) groups excluding carboxylic acids is 2. The molecule has 1 atom stereocenters. The van der Waals surface area contributed by atoms with Crippen molar-refractivity contribution in [1.29, 1.82) is 0 Å². The Morgan fingerprint density at radius 3 is 2.48 bits per heavy atom. The lowest BCUT2D eigenvalue weighted by Gasteiger charge is -2.22. The largest absolute Gasteiger partial charge is 0.490 e. The molecule has 3 N–H and O–H groups in total. The number of amides is 2. The number of nitrogens with one attached hydrogen (secondary N) is 3. The molecule has 0 radical (unpaired) electrons. The number of rotatable bonds is 6. The van der Waals surface area contributed by atoms with Gasteiger partial charge in [0.1, 0.15) is 6.04 Å². The average Bonchev–Trinajstić information content (AvgIpc) is 3.30. The van der Waals surface area contributed by atoms with Crippen LogP contribution in [0.3, 0.4) is 0 Å². The molecule has 0 fully saturated rings. The Morgan fingerprint density at radius 1 is 1.00 bits per heavy atom. The van der Waals surface area contributed by atoms with E-state index >= 15 is 0 Å². The number of hydrogen-bond acceptors (Lipinski definition) is 7. The molecule has 1 unspecified atom stereocenters. The summed E-state index contributed by atoms with van der Waals surface area (Å²) in [5, 5.41) is 0. The van der Waals surface area contributed by atoms with Crippen molar-refractivity contribution in [1.82, 2.24) is 15.6 Å². The van der Waals surface area contributed by atoms with Crippen LogP contribution in [0.5, 0.6) is 11.5 Å². The van der Waals surface area contributed by atoms with Crippen molar-refractivity contribution in [2.75, 3.05) is 13.2 Å². The van der Waals surface area contributed by atoms with Crippen LogP contribution < -0.4 is 25.0 Å².